The number of carbonyl (C=O) groups excluding carboxylic acids is 3. The molecule has 4 rings (SSSR count). The highest BCUT2D eigenvalue weighted by molar-refractivity contribution is 7.18. The van der Waals surface area contributed by atoms with Gasteiger partial charge in [0.05, 0.1) is 22.4 Å². The Kier molecular flexibility index (Phi) is 6.61. The van der Waals surface area contributed by atoms with Gasteiger partial charge in [-0.3, -0.25) is 14.5 Å². The van der Waals surface area contributed by atoms with Crippen molar-refractivity contribution in [2.75, 3.05) is 42.6 Å². The summed E-state index contributed by atoms with van der Waals surface area (Å²) < 4.78 is 11.3. The van der Waals surface area contributed by atoms with Crippen LogP contribution in [0.15, 0.2) is 36.4 Å². The highest BCUT2D eigenvalue weighted by atomic mass is 35.5. The van der Waals surface area contributed by atoms with Crippen molar-refractivity contribution in [1.82, 2.24) is 5.32 Å². The fourth-order valence-electron chi connectivity index (χ4n) is 3.50. The van der Waals surface area contributed by atoms with Crippen molar-refractivity contribution >= 4 is 62.5 Å². The first-order valence-electron chi connectivity index (χ1n) is 9.92. The first-order chi connectivity index (χ1) is 14.9. The zero-order valence-corrected chi connectivity index (χ0v) is 20.4. The van der Waals surface area contributed by atoms with Gasteiger partial charge in [0.25, 0.3) is 11.8 Å². The molecule has 11 heteroatoms. The predicted molar refractivity (Wildman–Crippen MR) is 123 cm³/mol. The van der Waals surface area contributed by atoms with Crippen molar-refractivity contribution in [3.8, 4) is 0 Å². The van der Waals surface area contributed by atoms with Crippen molar-refractivity contribution in [2.45, 2.75) is 11.6 Å². The van der Waals surface area contributed by atoms with Crippen molar-refractivity contribution in [3.63, 3.8) is 0 Å². The topological polar surface area (TPSA) is 88.2 Å². The summed E-state index contributed by atoms with van der Waals surface area (Å²) >= 11 is 7.11. The van der Waals surface area contributed by atoms with E-state index in [1.807, 2.05) is 24.3 Å². The molecule has 31 heavy (non-hydrogen) atoms. The van der Waals surface area contributed by atoms with E-state index in [1.54, 1.807) is 21.9 Å². The second-order valence-corrected chi connectivity index (χ2v) is 10.6. The average molecular weight is 480 g/mol. The van der Waals surface area contributed by atoms with Gasteiger partial charge in [-0.25, -0.2) is 4.79 Å². The molecule has 1 aromatic heterocycles. The van der Waals surface area contributed by atoms with Crippen LogP contribution in [0.3, 0.4) is 0 Å². The van der Waals surface area contributed by atoms with E-state index in [4.69, 9.17) is 21.1 Å². The van der Waals surface area contributed by atoms with Gasteiger partial charge in [-0.15, -0.1) is 11.3 Å². The number of benzene rings is 1. The standard InChI is InChI=1S/C20H22ClN3O5SSi/c21-17-6-5-15(30-17)19(26)22-9-16(31)14-10-24(20(27)29-14)13-3-1-12(2-4-13)23-7-8-28-11-18(23)25/h1-6,14,16H,7-11H2,31H3,(H,22,26). The number of amides is 3. The Morgan fingerprint density at radius 3 is 2.55 bits per heavy atom. The molecule has 1 aromatic carbocycles. The molecule has 1 N–H and O–H groups in total. The number of nitrogens with zero attached hydrogens (tertiary/aromatic N) is 2. The monoisotopic (exact) mass is 479 g/mol. The molecule has 2 aromatic rings. The Balaban J connectivity index is 1.34. The van der Waals surface area contributed by atoms with E-state index in [1.165, 1.54) is 11.3 Å². The maximum atomic E-state index is 12.4. The van der Waals surface area contributed by atoms with Gasteiger partial charge < -0.3 is 19.7 Å². The van der Waals surface area contributed by atoms with Gasteiger partial charge in [-0.2, -0.15) is 0 Å². The number of thiophene rings is 1. The molecule has 0 aliphatic carbocycles. The number of ether oxygens (including phenoxy) is 2. The van der Waals surface area contributed by atoms with Crippen LogP contribution in [0.25, 0.3) is 0 Å². The third-order valence-electron chi connectivity index (χ3n) is 5.31. The van der Waals surface area contributed by atoms with Crippen molar-refractivity contribution in [3.05, 3.63) is 45.6 Å². The maximum absolute atomic E-state index is 12.4. The molecule has 0 bridgehead atoms. The second-order valence-electron chi connectivity index (χ2n) is 7.44. The summed E-state index contributed by atoms with van der Waals surface area (Å²) in [6, 6.07) is 10.7. The van der Waals surface area contributed by atoms with Crippen molar-refractivity contribution in [2.24, 2.45) is 0 Å². The summed E-state index contributed by atoms with van der Waals surface area (Å²) in [5.74, 6) is -0.252. The molecule has 164 valence electrons. The quantitative estimate of drug-likeness (QED) is 0.637. The van der Waals surface area contributed by atoms with E-state index in [0.29, 0.717) is 41.1 Å². The third-order valence-corrected chi connectivity index (χ3v) is 7.69. The Morgan fingerprint density at radius 1 is 1.19 bits per heavy atom. The lowest BCUT2D eigenvalue weighted by molar-refractivity contribution is -0.125. The number of cyclic esters (lactones) is 1. The van der Waals surface area contributed by atoms with E-state index in [2.05, 4.69) is 5.32 Å². The highest BCUT2D eigenvalue weighted by Gasteiger charge is 2.36. The number of anilines is 2. The fraction of sp³-hybridized carbons (Fsp3) is 0.350. The van der Waals surface area contributed by atoms with Crippen molar-refractivity contribution < 1.29 is 23.9 Å². The van der Waals surface area contributed by atoms with Gasteiger partial charge in [-0.1, -0.05) is 11.6 Å². The van der Waals surface area contributed by atoms with Gasteiger partial charge in [0, 0.05) is 40.2 Å². The Bertz CT molecular complexity index is 985. The Hall–Kier alpha value is -2.40. The minimum absolute atomic E-state index is 0.0681. The summed E-state index contributed by atoms with van der Waals surface area (Å²) in [4.78, 5) is 40.5. The van der Waals surface area contributed by atoms with Gasteiger partial charge in [0.1, 0.15) is 12.7 Å². The van der Waals surface area contributed by atoms with E-state index in [0.717, 1.165) is 15.9 Å². The zero-order valence-electron chi connectivity index (χ0n) is 16.9. The first-order valence-corrected chi connectivity index (χ1v) is 12.3. The predicted octanol–water partition coefficient (Wildman–Crippen LogP) is 1.67. The maximum Gasteiger partial charge on any atom is 0.414 e. The minimum Gasteiger partial charge on any atom is -0.444 e. The lowest BCUT2D eigenvalue weighted by Crippen LogP contribution is -2.41. The molecule has 3 heterocycles. The normalized spacial score (nSPS) is 20.1. The smallest absolute Gasteiger partial charge is 0.414 e. The lowest BCUT2D eigenvalue weighted by atomic mass is 10.2. The number of hydrogen-bond donors (Lipinski definition) is 1. The summed E-state index contributed by atoms with van der Waals surface area (Å²) in [7, 11) is 0.753. The summed E-state index contributed by atoms with van der Waals surface area (Å²) in [5.41, 5.74) is 1.56. The van der Waals surface area contributed by atoms with Crippen LogP contribution < -0.4 is 15.1 Å². The largest absolute Gasteiger partial charge is 0.444 e. The zero-order chi connectivity index (χ0) is 22.0. The Labute approximate surface area is 191 Å². The molecular weight excluding hydrogens is 458 g/mol. The number of rotatable bonds is 6. The molecule has 2 aliphatic rings. The van der Waals surface area contributed by atoms with E-state index >= 15 is 0 Å². The van der Waals surface area contributed by atoms with E-state index in [-0.39, 0.29) is 30.1 Å². The fourth-order valence-corrected chi connectivity index (χ4v) is 5.01. The highest BCUT2D eigenvalue weighted by Crippen LogP contribution is 2.28. The van der Waals surface area contributed by atoms with Crippen LogP contribution in [-0.4, -0.2) is 67.1 Å². The third kappa shape index (κ3) is 4.92. The molecule has 3 amide bonds. The number of nitrogens with one attached hydrogen (secondary N) is 1. The SMILES string of the molecule is O=C(NCC([SiH3])C1CN(c2ccc(N3CCOCC3=O)cc2)C(=O)O1)c1ccc(Cl)s1. The lowest BCUT2D eigenvalue weighted by Gasteiger charge is -2.27. The molecule has 2 saturated heterocycles. The summed E-state index contributed by atoms with van der Waals surface area (Å²) in [6.45, 7) is 1.96. The molecule has 2 aliphatic heterocycles. The molecule has 0 saturated carbocycles. The average Bonchev–Trinajstić information content (AvgIpc) is 3.38. The molecule has 2 unspecified atom stereocenters. The van der Waals surface area contributed by atoms with Gasteiger partial charge in [-0.05, 0) is 36.4 Å². The number of carbonyl (C=O) groups is 3. The van der Waals surface area contributed by atoms with Crippen LogP contribution >= 0.6 is 22.9 Å². The Morgan fingerprint density at radius 2 is 1.90 bits per heavy atom. The van der Waals surface area contributed by atoms with Gasteiger partial charge in [0.2, 0.25) is 0 Å². The van der Waals surface area contributed by atoms with E-state index < -0.39 is 6.09 Å². The minimum atomic E-state index is -0.405. The van der Waals surface area contributed by atoms with Crippen LogP contribution in [0.2, 0.25) is 9.88 Å². The molecule has 2 atom stereocenters. The molecule has 0 spiro atoms. The number of morpholine rings is 1. The molecular formula is C20H22ClN3O5SSi. The van der Waals surface area contributed by atoms with Gasteiger partial charge >= 0.3 is 6.09 Å². The summed E-state index contributed by atoms with van der Waals surface area (Å²) in [5, 5.41) is 2.90. The van der Waals surface area contributed by atoms with Crippen LogP contribution in [0.5, 0.6) is 0 Å². The van der Waals surface area contributed by atoms with Crippen LogP contribution in [-0.2, 0) is 14.3 Å². The van der Waals surface area contributed by atoms with E-state index in [9.17, 15) is 14.4 Å². The van der Waals surface area contributed by atoms with Gasteiger partial charge in [0.15, 0.2) is 0 Å². The molecule has 2 fully saturated rings. The first kappa shape index (κ1) is 21.8. The summed E-state index contributed by atoms with van der Waals surface area (Å²) in [6.07, 6.45) is -0.690. The van der Waals surface area contributed by atoms with Crippen LogP contribution in [0, 0.1) is 0 Å². The van der Waals surface area contributed by atoms with Crippen LogP contribution in [0.1, 0.15) is 9.67 Å². The molecule has 0 radical (unpaired) electrons. The van der Waals surface area contributed by atoms with Crippen LogP contribution in [0.4, 0.5) is 16.2 Å². The number of halogens is 1. The van der Waals surface area contributed by atoms with Crippen molar-refractivity contribution in [1.29, 1.82) is 0 Å². The number of hydrogen-bond acceptors (Lipinski definition) is 6. The molecule has 8 nitrogen and oxygen atoms in total. The second kappa shape index (κ2) is 9.39.